The highest BCUT2D eigenvalue weighted by Gasteiger charge is 2.25. The van der Waals surface area contributed by atoms with Crippen LogP contribution in [-0.2, 0) is 6.42 Å². The predicted molar refractivity (Wildman–Crippen MR) is 90.2 cm³/mol. The zero-order valence-corrected chi connectivity index (χ0v) is 14.3. The molecule has 0 unspecified atom stereocenters. The summed E-state index contributed by atoms with van der Waals surface area (Å²) in [5.41, 5.74) is 1.64. The monoisotopic (exact) mass is 290 g/mol. The van der Waals surface area contributed by atoms with Crippen LogP contribution in [-0.4, -0.2) is 29.6 Å². The topological polar surface area (TPSA) is 41.1 Å². The second kappa shape index (κ2) is 6.63. The van der Waals surface area contributed by atoms with Gasteiger partial charge >= 0.3 is 0 Å². The Hall–Kier alpha value is -1.32. The average Bonchev–Trinajstić information content (AvgIpc) is 2.62. The van der Waals surface area contributed by atoms with Crippen molar-refractivity contribution in [3.63, 3.8) is 0 Å². The van der Waals surface area contributed by atoms with Gasteiger partial charge < -0.3 is 10.2 Å². The van der Waals surface area contributed by atoms with Crippen LogP contribution >= 0.6 is 0 Å². The van der Waals surface area contributed by atoms with Crippen LogP contribution < -0.4 is 10.2 Å². The Bertz CT molecular complexity index is 482. The molecule has 1 aromatic rings. The maximum Gasteiger partial charge on any atom is 0.137 e. The molecule has 0 radical (unpaired) electrons. The molecule has 0 amide bonds. The average molecular weight is 290 g/mol. The highest BCUT2D eigenvalue weighted by molar-refractivity contribution is 5.58. The first-order valence-corrected chi connectivity index (χ1v) is 8.33. The largest absolute Gasteiger partial charge is 0.370 e. The molecule has 0 aromatic carbocycles. The van der Waals surface area contributed by atoms with E-state index in [4.69, 9.17) is 4.98 Å². The van der Waals surface area contributed by atoms with Crippen LogP contribution in [0.1, 0.15) is 58.3 Å². The predicted octanol–water partition coefficient (Wildman–Crippen LogP) is 3.80. The van der Waals surface area contributed by atoms with E-state index in [0.717, 1.165) is 43.5 Å². The molecule has 0 atom stereocenters. The van der Waals surface area contributed by atoms with Crippen molar-refractivity contribution in [3.8, 4) is 0 Å². The molecule has 0 spiro atoms. The molecule has 1 saturated heterocycles. The summed E-state index contributed by atoms with van der Waals surface area (Å²) in [5.74, 6) is 3.08. The Kier molecular flexibility index (Phi) is 5.07. The van der Waals surface area contributed by atoms with Crippen molar-refractivity contribution in [1.29, 1.82) is 0 Å². The van der Waals surface area contributed by atoms with Gasteiger partial charge in [-0.25, -0.2) is 9.97 Å². The Labute approximate surface area is 129 Å². The van der Waals surface area contributed by atoms with Crippen LogP contribution in [0.5, 0.6) is 0 Å². The maximum absolute atomic E-state index is 4.82. The fourth-order valence-corrected chi connectivity index (χ4v) is 2.99. The molecular formula is C17H30N4. The fourth-order valence-electron chi connectivity index (χ4n) is 2.99. The molecule has 2 rings (SSSR count). The zero-order valence-electron chi connectivity index (χ0n) is 14.3. The van der Waals surface area contributed by atoms with E-state index in [0.29, 0.717) is 5.41 Å². The summed E-state index contributed by atoms with van der Waals surface area (Å²) < 4.78 is 0. The Balaban J connectivity index is 2.31. The van der Waals surface area contributed by atoms with E-state index in [9.17, 15) is 0 Å². The molecule has 0 aliphatic carbocycles. The van der Waals surface area contributed by atoms with Crippen molar-refractivity contribution in [2.24, 2.45) is 5.41 Å². The summed E-state index contributed by atoms with van der Waals surface area (Å²) in [4.78, 5) is 11.9. The lowest BCUT2D eigenvalue weighted by Gasteiger charge is -2.26. The first-order valence-electron chi connectivity index (χ1n) is 8.33. The van der Waals surface area contributed by atoms with E-state index in [-0.39, 0.29) is 0 Å². The number of aryl methyl sites for hydroxylation is 1. The van der Waals surface area contributed by atoms with E-state index in [1.54, 1.807) is 0 Å². The minimum Gasteiger partial charge on any atom is -0.370 e. The summed E-state index contributed by atoms with van der Waals surface area (Å²) >= 11 is 0. The number of hydrogen-bond donors (Lipinski definition) is 1. The van der Waals surface area contributed by atoms with Gasteiger partial charge in [0.05, 0.1) is 0 Å². The van der Waals surface area contributed by atoms with Crippen molar-refractivity contribution in [2.45, 2.75) is 60.3 Å². The Morgan fingerprint density at radius 3 is 2.57 bits per heavy atom. The summed E-state index contributed by atoms with van der Waals surface area (Å²) in [7, 11) is 0. The van der Waals surface area contributed by atoms with Crippen LogP contribution in [0, 0.1) is 12.3 Å². The standard InChI is InChI=1S/C17H30N4/c1-6-14-19-15(18-7-2)13(3)16(20-14)21-11-8-9-17(4,5)10-12-21/h6-12H2,1-5H3,(H,18,19,20). The smallest absolute Gasteiger partial charge is 0.137 e. The molecular weight excluding hydrogens is 260 g/mol. The van der Waals surface area contributed by atoms with E-state index < -0.39 is 0 Å². The number of anilines is 2. The molecule has 118 valence electrons. The van der Waals surface area contributed by atoms with Gasteiger partial charge in [0, 0.05) is 31.6 Å². The van der Waals surface area contributed by atoms with Crippen molar-refractivity contribution in [2.75, 3.05) is 29.9 Å². The Morgan fingerprint density at radius 2 is 1.90 bits per heavy atom. The van der Waals surface area contributed by atoms with Crippen LogP contribution in [0.25, 0.3) is 0 Å². The molecule has 1 aliphatic rings. The summed E-state index contributed by atoms with van der Waals surface area (Å²) in [6.07, 6.45) is 4.65. The lowest BCUT2D eigenvalue weighted by atomic mass is 9.85. The fraction of sp³-hybridized carbons (Fsp3) is 0.765. The van der Waals surface area contributed by atoms with Crippen LogP contribution in [0.4, 0.5) is 11.6 Å². The molecule has 1 aliphatic heterocycles. The van der Waals surface area contributed by atoms with Crippen LogP contribution in [0.2, 0.25) is 0 Å². The molecule has 4 heteroatoms. The molecule has 1 aromatic heterocycles. The van der Waals surface area contributed by atoms with Crippen molar-refractivity contribution in [1.82, 2.24) is 9.97 Å². The molecule has 1 N–H and O–H groups in total. The van der Waals surface area contributed by atoms with E-state index in [2.05, 4.69) is 49.8 Å². The van der Waals surface area contributed by atoms with Gasteiger partial charge in [0.25, 0.3) is 0 Å². The lowest BCUT2D eigenvalue weighted by molar-refractivity contribution is 0.325. The van der Waals surface area contributed by atoms with Crippen molar-refractivity contribution in [3.05, 3.63) is 11.4 Å². The van der Waals surface area contributed by atoms with Gasteiger partial charge in [-0.2, -0.15) is 0 Å². The van der Waals surface area contributed by atoms with E-state index >= 15 is 0 Å². The first-order chi connectivity index (χ1) is 9.96. The second-order valence-corrected chi connectivity index (χ2v) is 6.83. The molecule has 0 saturated carbocycles. The first kappa shape index (κ1) is 16.1. The maximum atomic E-state index is 4.82. The third-order valence-corrected chi connectivity index (χ3v) is 4.47. The van der Waals surface area contributed by atoms with E-state index in [1.165, 1.54) is 24.8 Å². The minimum atomic E-state index is 0.452. The Morgan fingerprint density at radius 1 is 1.14 bits per heavy atom. The van der Waals surface area contributed by atoms with Gasteiger partial charge in [-0.1, -0.05) is 20.8 Å². The molecule has 0 bridgehead atoms. The number of aromatic nitrogens is 2. The van der Waals surface area contributed by atoms with Crippen LogP contribution in [0.15, 0.2) is 0 Å². The third kappa shape index (κ3) is 3.86. The van der Waals surface area contributed by atoms with Crippen molar-refractivity contribution < 1.29 is 0 Å². The van der Waals surface area contributed by atoms with Gasteiger partial charge in [0.1, 0.15) is 17.5 Å². The van der Waals surface area contributed by atoms with Crippen LogP contribution in [0.3, 0.4) is 0 Å². The second-order valence-electron chi connectivity index (χ2n) is 6.83. The zero-order chi connectivity index (χ0) is 15.5. The number of nitrogens with zero attached hydrogens (tertiary/aromatic N) is 3. The minimum absolute atomic E-state index is 0.452. The number of nitrogens with one attached hydrogen (secondary N) is 1. The van der Waals surface area contributed by atoms with E-state index in [1.807, 2.05) is 0 Å². The highest BCUT2D eigenvalue weighted by atomic mass is 15.2. The molecule has 1 fully saturated rings. The third-order valence-electron chi connectivity index (χ3n) is 4.47. The molecule has 2 heterocycles. The van der Waals surface area contributed by atoms with Gasteiger partial charge in [0.2, 0.25) is 0 Å². The lowest BCUT2D eigenvalue weighted by Crippen LogP contribution is -2.28. The molecule has 21 heavy (non-hydrogen) atoms. The summed E-state index contributed by atoms with van der Waals surface area (Å²) in [6, 6.07) is 0. The highest BCUT2D eigenvalue weighted by Crippen LogP contribution is 2.33. The van der Waals surface area contributed by atoms with Gasteiger partial charge in [-0.3, -0.25) is 0 Å². The SMILES string of the molecule is CCNc1nc(CC)nc(N2CCCC(C)(C)CC2)c1C. The quantitative estimate of drug-likeness (QED) is 0.916. The molecule has 4 nitrogen and oxygen atoms in total. The normalized spacial score (nSPS) is 18.4. The van der Waals surface area contributed by atoms with Gasteiger partial charge in [0.15, 0.2) is 0 Å². The number of rotatable bonds is 4. The van der Waals surface area contributed by atoms with Gasteiger partial charge in [-0.15, -0.1) is 0 Å². The summed E-state index contributed by atoms with van der Waals surface area (Å²) in [5, 5.41) is 3.38. The van der Waals surface area contributed by atoms with Gasteiger partial charge in [-0.05, 0) is 38.5 Å². The van der Waals surface area contributed by atoms with Crippen molar-refractivity contribution >= 4 is 11.6 Å². The number of hydrogen-bond acceptors (Lipinski definition) is 4. The summed E-state index contributed by atoms with van der Waals surface area (Å²) in [6.45, 7) is 14.2.